The summed E-state index contributed by atoms with van der Waals surface area (Å²) in [4.78, 5) is 10.6. The molecule has 0 spiro atoms. The lowest BCUT2D eigenvalue weighted by Crippen LogP contribution is -2.30. The van der Waals surface area contributed by atoms with Crippen LogP contribution in [-0.4, -0.2) is 33.1 Å². The Bertz CT molecular complexity index is 320. The van der Waals surface area contributed by atoms with Gasteiger partial charge >= 0.3 is 21.6 Å². The van der Waals surface area contributed by atoms with Gasteiger partial charge in [-0.25, -0.2) is 0 Å². The molecule has 0 radical (unpaired) electrons. The molecule has 0 aliphatic carbocycles. The van der Waals surface area contributed by atoms with Crippen LogP contribution in [0.5, 0.6) is 0 Å². The molecule has 0 amide bonds. The van der Waals surface area contributed by atoms with Crippen LogP contribution in [0.2, 0.25) is 0 Å². The summed E-state index contributed by atoms with van der Waals surface area (Å²) in [6, 6.07) is 0. The van der Waals surface area contributed by atoms with Crippen molar-refractivity contribution in [2.45, 2.75) is 25.0 Å². The van der Waals surface area contributed by atoms with E-state index >= 15 is 0 Å². The number of hydrogen-bond donors (Lipinski definition) is 0. The Labute approximate surface area is 84.3 Å². The predicted molar refractivity (Wildman–Crippen MR) is 42.2 cm³/mol. The van der Waals surface area contributed by atoms with E-state index in [4.69, 9.17) is 0 Å². The number of carbonyl (C=O) groups is 1. The van der Waals surface area contributed by atoms with Crippen molar-refractivity contribution in [3.63, 3.8) is 0 Å². The summed E-state index contributed by atoms with van der Waals surface area (Å²) in [7, 11) is -4.64. The van der Waals surface area contributed by atoms with Gasteiger partial charge in [0.15, 0.2) is 0 Å². The van der Waals surface area contributed by atoms with Crippen LogP contribution in [0.1, 0.15) is 13.3 Å². The van der Waals surface area contributed by atoms with Crippen LogP contribution in [0.15, 0.2) is 0 Å². The van der Waals surface area contributed by atoms with Gasteiger partial charge in [0, 0.05) is 0 Å². The minimum atomic E-state index is -5.66. The molecule has 90 valence electrons. The average Bonchev–Trinajstić information content (AvgIpc) is 2.00. The van der Waals surface area contributed by atoms with Crippen LogP contribution in [-0.2, 0) is 23.8 Å². The van der Waals surface area contributed by atoms with E-state index in [1.54, 1.807) is 0 Å². The Morgan fingerprint density at radius 3 is 2.20 bits per heavy atom. The number of methoxy groups -OCH3 is 1. The first-order valence-electron chi connectivity index (χ1n) is 3.66. The van der Waals surface area contributed by atoms with Gasteiger partial charge in [0.25, 0.3) is 0 Å². The highest BCUT2D eigenvalue weighted by Gasteiger charge is 2.48. The van der Waals surface area contributed by atoms with Gasteiger partial charge in [-0.2, -0.15) is 21.6 Å². The second kappa shape index (κ2) is 4.79. The lowest BCUT2D eigenvalue weighted by atomic mass is 10.3. The monoisotopic (exact) mass is 250 g/mol. The number of alkyl halides is 3. The quantitative estimate of drug-likeness (QED) is 0.419. The van der Waals surface area contributed by atoms with Crippen molar-refractivity contribution in [1.29, 1.82) is 0 Å². The summed E-state index contributed by atoms with van der Waals surface area (Å²) in [5.41, 5.74) is -5.49. The molecule has 9 heteroatoms. The lowest BCUT2D eigenvalue weighted by molar-refractivity contribution is -0.142. The zero-order valence-corrected chi connectivity index (χ0v) is 8.68. The molecule has 5 nitrogen and oxygen atoms in total. The highest BCUT2D eigenvalue weighted by molar-refractivity contribution is 7.87. The van der Waals surface area contributed by atoms with Gasteiger partial charge in [0.05, 0.1) is 19.6 Å². The van der Waals surface area contributed by atoms with Gasteiger partial charge in [0.2, 0.25) is 0 Å². The Kier molecular flexibility index (Phi) is 4.53. The zero-order valence-electron chi connectivity index (χ0n) is 7.87. The average molecular weight is 250 g/mol. The molecule has 0 aromatic rings. The van der Waals surface area contributed by atoms with Crippen molar-refractivity contribution >= 4 is 16.1 Å². The van der Waals surface area contributed by atoms with Gasteiger partial charge in [-0.05, 0) is 6.92 Å². The highest BCUT2D eigenvalue weighted by Crippen LogP contribution is 2.26. The normalized spacial score (nSPS) is 14.7. The van der Waals surface area contributed by atoms with E-state index in [2.05, 4.69) is 8.92 Å². The third kappa shape index (κ3) is 4.47. The number of rotatable bonds is 4. The van der Waals surface area contributed by atoms with Gasteiger partial charge in [-0.3, -0.25) is 8.98 Å². The van der Waals surface area contributed by atoms with Crippen LogP contribution in [0, 0.1) is 0 Å². The highest BCUT2D eigenvalue weighted by atomic mass is 32.2. The largest absolute Gasteiger partial charge is 0.523 e. The topological polar surface area (TPSA) is 69.7 Å². The van der Waals surface area contributed by atoms with Crippen molar-refractivity contribution in [3.05, 3.63) is 0 Å². The van der Waals surface area contributed by atoms with E-state index in [9.17, 15) is 26.4 Å². The molecule has 0 fully saturated rings. The molecular formula is C6H9F3O5S. The maximum Gasteiger partial charge on any atom is 0.523 e. The van der Waals surface area contributed by atoms with Gasteiger partial charge in [0.1, 0.15) is 0 Å². The minimum Gasteiger partial charge on any atom is -0.469 e. The van der Waals surface area contributed by atoms with Crippen molar-refractivity contribution in [2.24, 2.45) is 0 Å². The number of ether oxygens (including phenoxy) is 1. The summed E-state index contributed by atoms with van der Waals surface area (Å²) < 4.78 is 64.1. The van der Waals surface area contributed by atoms with Crippen molar-refractivity contribution in [3.8, 4) is 0 Å². The van der Waals surface area contributed by atoms with E-state index in [0.29, 0.717) is 0 Å². The fraction of sp³-hybridized carbons (Fsp3) is 0.833. The van der Waals surface area contributed by atoms with Crippen LogP contribution < -0.4 is 0 Å². The molecule has 15 heavy (non-hydrogen) atoms. The molecule has 0 aliphatic rings. The Hall–Kier alpha value is -0.830. The lowest BCUT2D eigenvalue weighted by Gasteiger charge is -2.13. The summed E-state index contributed by atoms with van der Waals surface area (Å²) >= 11 is 0. The van der Waals surface area contributed by atoms with Crippen molar-refractivity contribution < 1.29 is 35.3 Å². The second-order valence-corrected chi connectivity index (χ2v) is 4.15. The minimum absolute atomic E-state index is 0.578. The maximum absolute atomic E-state index is 11.8. The van der Waals surface area contributed by atoms with E-state index < -0.39 is 34.1 Å². The molecule has 0 saturated carbocycles. The SMILES string of the molecule is COC(=O)C[C@@H](C)OS(=O)(=O)C(F)(F)F. The maximum atomic E-state index is 11.8. The van der Waals surface area contributed by atoms with E-state index in [0.717, 1.165) is 14.0 Å². The van der Waals surface area contributed by atoms with E-state index in [-0.39, 0.29) is 0 Å². The number of halogens is 3. The number of esters is 1. The van der Waals surface area contributed by atoms with Gasteiger partial charge < -0.3 is 4.74 Å². The second-order valence-electron chi connectivity index (χ2n) is 2.59. The Morgan fingerprint density at radius 1 is 1.40 bits per heavy atom. The smallest absolute Gasteiger partial charge is 0.469 e. The summed E-state index contributed by atoms with van der Waals surface area (Å²) in [5, 5.41) is 0. The fourth-order valence-corrected chi connectivity index (χ4v) is 1.23. The zero-order chi connectivity index (χ0) is 12.3. The molecule has 1 atom stereocenters. The standard InChI is InChI=1S/C6H9F3O5S/c1-4(3-5(10)13-2)14-15(11,12)6(7,8)9/h4H,3H2,1-2H3/t4-/m1/s1. The first-order chi connectivity index (χ1) is 6.60. The first-order valence-corrected chi connectivity index (χ1v) is 5.07. The molecular weight excluding hydrogens is 241 g/mol. The molecule has 0 aromatic heterocycles. The molecule has 0 aliphatic heterocycles. The van der Waals surface area contributed by atoms with Crippen LogP contribution in [0.4, 0.5) is 13.2 Å². The van der Waals surface area contributed by atoms with E-state index in [1.807, 2.05) is 0 Å². The molecule has 0 rings (SSSR count). The fourth-order valence-electron chi connectivity index (χ4n) is 0.623. The van der Waals surface area contributed by atoms with Crippen LogP contribution in [0.25, 0.3) is 0 Å². The molecule has 0 N–H and O–H groups in total. The molecule has 0 aromatic carbocycles. The number of carbonyl (C=O) groups excluding carboxylic acids is 1. The molecule has 0 bridgehead atoms. The van der Waals surface area contributed by atoms with Gasteiger partial charge in [-0.1, -0.05) is 0 Å². The summed E-state index contributed by atoms with van der Waals surface area (Å²) in [6.07, 6.45) is -2.00. The van der Waals surface area contributed by atoms with Crippen molar-refractivity contribution in [1.82, 2.24) is 0 Å². The summed E-state index contributed by atoms with van der Waals surface area (Å²) in [6.45, 7) is 1.01. The molecule has 0 heterocycles. The van der Waals surface area contributed by atoms with Crippen LogP contribution in [0.3, 0.4) is 0 Å². The third-order valence-corrected chi connectivity index (χ3v) is 2.41. The number of hydrogen-bond acceptors (Lipinski definition) is 5. The molecule has 0 unspecified atom stereocenters. The van der Waals surface area contributed by atoms with Crippen molar-refractivity contribution in [2.75, 3.05) is 7.11 Å². The Balaban J connectivity index is 4.43. The Morgan fingerprint density at radius 2 is 1.87 bits per heavy atom. The van der Waals surface area contributed by atoms with Crippen LogP contribution >= 0.6 is 0 Å². The first kappa shape index (κ1) is 14.2. The summed E-state index contributed by atoms with van der Waals surface area (Å²) in [5.74, 6) is -0.861. The van der Waals surface area contributed by atoms with E-state index in [1.165, 1.54) is 0 Å². The third-order valence-electron chi connectivity index (χ3n) is 1.26. The molecule has 0 saturated heterocycles. The van der Waals surface area contributed by atoms with Gasteiger partial charge in [-0.15, -0.1) is 0 Å². The predicted octanol–water partition coefficient (Wildman–Crippen LogP) is 0.804.